The largest absolute Gasteiger partial charge is 0.379 e. The summed E-state index contributed by atoms with van der Waals surface area (Å²) < 4.78 is 12.9. The number of amides is 1. The monoisotopic (exact) mass is 280 g/mol. The van der Waals surface area contributed by atoms with Gasteiger partial charge in [0.25, 0.3) is 5.91 Å². The minimum Gasteiger partial charge on any atom is -0.379 e. The first-order chi connectivity index (χ1) is 9.40. The van der Waals surface area contributed by atoms with E-state index in [0.717, 1.165) is 12.0 Å². The van der Waals surface area contributed by atoms with Crippen molar-refractivity contribution < 1.29 is 14.3 Å². The number of carbonyl (C=O) groups is 1. The average Bonchev–Trinajstić information content (AvgIpc) is 2.37. The fourth-order valence-electron chi connectivity index (χ4n) is 2.70. The minimum atomic E-state index is -1.30. The van der Waals surface area contributed by atoms with Gasteiger partial charge < -0.3 is 14.9 Å². The van der Waals surface area contributed by atoms with E-state index in [1.165, 1.54) is 12.1 Å². The molecule has 110 valence electrons. The Morgan fingerprint density at radius 2 is 2.00 bits per heavy atom. The molecular formula is C15H21FN2O2. The number of hydrogen-bond donors (Lipinski definition) is 1. The molecule has 1 aromatic rings. The van der Waals surface area contributed by atoms with Gasteiger partial charge in [0.1, 0.15) is 5.82 Å². The first-order valence-corrected chi connectivity index (χ1v) is 6.82. The van der Waals surface area contributed by atoms with Gasteiger partial charge in [-0.2, -0.15) is 0 Å². The van der Waals surface area contributed by atoms with Crippen LogP contribution < -0.4 is 0 Å². The van der Waals surface area contributed by atoms with Crippen LogP contribution in [0.2, 0.25) is 0 Å². The highest BCUT2D eigenvalue weighted by Gasteiger charge is 2.42. The van der Waals surface area contributed by atoms with Crippen LogP contribution in [0.25, 0.3) is 0 Å². The van der Waals surface area contributed by atoms with Crippen LogP contribution in [-0.2, 0) is 11.3 Å². The molecule has 0 unspecified atom stereocenters. The smallest absolute Gasteiger partial charge is 0.256 e. The van der Waals surface area contributed by atoms with Crippen molar-refractivity contribution in [2.45, 2.75) is 25.0 Å². The number of likely N-dealkylation sites (tertiary alicyclic amines) is 1. The summed E-state index contributed by atoms with van der Waals surface area (Å²) in [7, 11) is 3.67. The zero-order valence-electron chi connectivity index (χ0n) is 12.0. The predicted molar refractivity (Wildman–Crippen MR) is 74.6 cm³/mol. The second-order valence-electron chi connectivity index (χ2n) is 5.73. The Kier molecular flexibility index (Phi) is 4.40. The molecule has 0 radical (unpaired) electrons. The molecule has 0 bridgehead atoms. The molecule has 1 fully saturated rings. The molecule has 4 nitrogen and oxygen atoms in total. The van der Waals surface area contributed by atoms with Crippen molar-refractivity contribution in [1.29, 1.82) is 0 Å². The molecule has 1 aliphatic heterocycles. The van der Waals surface area contributed by atoms with Crippen molar-refractivity contribution in [3.63, 3.8) is 0 Å². The predicted octanol–water partition coefficient (Wildman–Crippen LogP) is 1.24. The van der Waals surface area contributed by atoms with Crippen molar-refractivity contribution in [3.05, 3.63) is 35.6 Å². The van der Waals surface area contributed by atoms with Crippen LogP contribution in [0.3, 0.4) is 0 Å². The van der Waals surface area contributed by atoms with Crippen molar-refractivity contribution in [2.24, 2.45) is 0 Å². The molecule has 20 heavy (non-hydrogen) atoms. The van der Waals surface area contributed by atoms with Gasteiger partial charge in [-0.1, -0.05) is 12.1 Å². The fourth-order valence-corrected chi connectivity index (χ4v) is 2.70. The van der Waals surface area contributed by atoms with Crippen LogP contribution in [0, 0.1) is 5.82 Å². The summed E-state index contributed by atoms with van der Waals surface area (Å²) in [6.07, 6.45) is 1.27. The lowest BCUT2D eigenvalue weighted by atomic mass is 9.91. The number of piperidine rings is 1. The summed E-state index contributed by atoms with van der Waals surface area (Å²) in [6, 6.07) is 6.11. The summed E-state index contributed by atoms with van der Waals surface area (Å²) in [6.45, 7) is 1.37. The topological polar surface area (TPSA) is 43.8 Å². The SMILES string of the molecule is CN(C)C[C@@]1(O)CCCN(Cc2ccc(F)cc2)C1=O. The van der Waals surface area contributed by atoms with Crippen molar-refractivity contribution in [1.82, 2.24) is 9.80 Å². The zero-order valence-corrected chi connectivity index (χ0v) is 12.0. The molecule has 0 aromatic heterocycles. The van der Waals surface area contributed by atoms with E-state index in [2.05, 4.69) is 0 Å². The highest BCUT2D eigenvalue weighted by atomic mass is 19.1. The summed E-state index contributed by atoms with van der Waals surface area (Å²) in [5, 5.41) is 10.5. The normalized spacial score (nSPS) is 23.4. The van der Waals surface area contributed by atoms with Gasteiger partial charge in [-0.15, -0.1) is 0 Å². The van der Waals surface area contributed by atoms with Crippen LogP contribution >= 0.6 is 0 Å². The van der Waals surface area contributed by atoms with Gasteiger partial charge in [-0.3, -0.25) is 4.79 Å². The average molecular weight is 280 g/mol. The van der Waals surface area contributed by atoms with Gasteiger partial charge in [-0.25, -0.2) is 4.39 Å². The quantitative estimate of drug-likeness (QED) is 0.902. The molecule has 2 rings (SSSR count). The number of carbonyl (C=O) groups excluding carboxylic acids is 1. The number of benzene rings is 1. The van der Waals surface area contributed by atoms with Gasteiger partial charge in [0.2, 0.25) is 0 Å². The summed E-state index contributed by atoms with van der Waals surface area (Å²) in [5.74, 6) is -0.524. The Morgan fingerprint density at radius 3 is 2.60 bits per heavy atom. The molecule has 1 amide bonds. The van der Waals surface area contributed by atoms with Crippen LogP contribution in [0.5, 0.6) is 0 Å². The minimum absolute atomic E-state index is 0.234. The standard InChI is InChI=1S/C15H21FN2O2/c1-17(2)11-15(20)8-3-9-18(14(15)19)10-12-4-6-13(16)7-5-12/h4-7,20H,3,8-11H2,1-2H3/t15-/m0/s1. The lowest BCUT2D eigenvalue weighted by Gasteiger charge is -2.39. The molecule has 1 aliphatic rings. The van der Waals surface area contributed by atoms with Crippen LogP contribution in [-0.4, -0.2) is 53.6 Å². The van der Waals surface area contributed by atoms with E-state index < -0.39 is 5.60 Å². The van der Waals surface area contributed by atoms with Gasteiger partial charge in [0.15, 0.2) is 5.60 Å². The Morgan fingerprint density at radius 1 is 1.35 bits per heavy atom. The molecule has 1 N–H and O–H groups in total. The third-order valence-electron chi connectivity index (χ3n) is 3.57. The number of rotatable bonds is 4. The van der Waals surface area contributed by atoms with E-state index >= 15 is 0 Å². The van der Waals surface area contributed by atoms with Crippen molar-refractivity contribution in [2.75, 3.05) is 27.2 Å². The van der Waals surface area contributed by atoms with Crippen LogP contribution in [0.1, 0.15) is 18.4 Å². The first-order valence-electron chi connectivity index (χ1n) is 6.82. The Balaban J connectivity index is 2.08. The number of halogens is 1. The van der Waals surface area contributed by atoms with E-state index in [0.29, 0.717) is 26.1 Å². The van der Waals surface area contributed by atoms with Crippen molar-refractivity contribution in [3.8, 4) is 0 Å². The summed E-state index contributed by atoms with van der Waals surface area (Å²) >= 11 is 0. The third kappa shape index (κ3) is 3.35. The molecule has 5 heteroatoms. The molecule has 1 aromatic carbocycles. The first kappa shape index (κ1) is 14.9. The van der Waals surface area contributed by atoms with E-state index in [-0.39, 0.29) is 11.7 Å². The molecule has 0 saturated carbocycles. The maximum Gasteiger partial charge on any atom is 0.256 e. The summed E-state index contributed by atoms with van der Waals surface area (Å²) in [5.41, 5.74) is -0.434. The van der Waals surface area contributed by atoms with Gasteiger partial charge >= 0.3 is 0 Å². The second kappa shape index (κ2) is 5.89. The number of aliphatic hydroxyl groups is 1. The van der Waals surface area contributed by atoms with Crippen molar-refractivity contribution >= 4 is 5.91 Å². The van der Waals surface area contributed by atoms with E-state index in [1.54, 1.807) is 17.0 Å². The Bertz CT molecular complexity index is 475. The second-order valence-corrected chi connectivity index (χ2v) is 5.73. The van der Waals surface area contributed by atoms with E-state index in [4.69, 9.17) is 0 Å². The molecule has 1 saturated heterocycles. The van der Waals surface area contributed by atoms with Crippen LogP contribution in [0.15, 0.2) is 24.3 Å². The molecule has 1 atom stereocenters. The molecule has 1 heterocycles. The Hall–Kier alpha value is -1.46. The number of likely N-dealkylation sites (N-methyl/N-ethyl adjacent to an activating group) is 1. The highest BCUT2D eigenvalue weighted by Crippen LogP contribution is 2.24. The lowest BCUT2D eigenvalue weighted by molar-refractivity contribution is -0.159. The van der Waals surface area contributed by atoms with Gasteiger partial charge in [-0.05, 0) is 44.6 Å². The van der Waals surface area contributed by atoms with Gasteiger partial charge in [0.05, 0.1) is 0 Å². The Labute approximate surface area is 118 Å². The number of nitrogens with zero attached hydrogens (tertiary/aromatic N) is 2. The molecule has 0 spiro atoms. The maximum atomic E-state index is 12.9. The van der Waals surface area contributed by atoms with Crippen LogP contribution in [0.4, 0.5) is 4.39 Å². The third-order valence-corrected chi connectivity index (χ3v) is 3.57. The molecule has 0 aliphatic carbocycles. The zero-order chi connectivity index (χ0) is 14.8. The molecular weight excluding hydrogens is 259 g/mol. The van der Waals surface area contributed by atoms with E-state index in [9.17, 15) is 14.3 Å². The maximum absolute atomic E-state index is 12.9. The summed E-state index contributed by atoms with van der Waals surface area (Å²) in [4.78, 5) is 15.9. The number of hydrogen-bond acceptors (Lipinski definition) is 3. The van der Waals surface area contributed by atoms with Gasteiger partial charge in [0, 0.05) is 19.6 Å². The lowest BCUT2D eigenvalue weighted by Crippen LogP contribution is -2.57. The fraction of sp³-hybridized carbons (Fsp3) is 0.533. The van der Waals surface area contributed by atoms with E-state index in [1.807, 2.05) is 19.0 Å². The highest BCUT2D eigenvalue weighted by molar-refractivity contribution is 5.86.